The van der Waals surface area contributed by atoms with Crippen LogP contribution in [0, 0.1) is 39.9 Å². The average molecular weight is 549 g/mol. The molecule has 0 aromatic carbocycles. The molecule has 2 heterocycles. The highest BCUT2D eigenvalue weighted by Crippen LogP contribution is 2.80. The molecule has 11 atom stereocenters. The van der Waals surface area contributed by atoms with Crippen LogP contribution in [0.5, 0.6) is 0 Å². The Hall–Kier alpha value is -3.00. The van der Waals surface area contributed by atoms with Crippen molar-refractivity contribution < 1.29 is 38.5 Å². The Morgan fingerprint density at radius 2 is 1.85 bits per heavy atom. The van der Waals surface area contributed by atoms with Crippen LogP contribution in [0.25, 0.3) is 0 Å². The summed E-state index contributed by atoms with van der Waals surface area (Å²) in [5.74, 6) is -3.06. The van der Waals surface area contributed by atoms with Crippen molar-refractivity contribution in [2.24, 2.45) is 39.9 Å². The minimum absolute atomic E-state index is 0.0886. The van der Waals surface area contributed by atoms with Crippen LogP contribution in [0.4, 0.5) is 0 Å². The normalized spacial score (nSPS) is 50.1. The van der Waals surface area contributed by atoms with E-state index in [0.717, 1.165) is 11.1 Å². The summed E-state index contributed by atoms with van der Waals surface area (Å²) in [6, 6.07) is 0. The molecule has 7 rings (SSSR count). The summed E-state index contributed by atoms with van der Waals surface area (Å²) in [5, 5.41) is 11.9. The number of rotatable bonds is 1. The molecule has 0 amide bonds. The van der Waals surface area contributed by atoms with Crippen LogP contribution in [0.1, 0.15) is 60.3 Å². The summed E-state index contributed by atoms with van der Waals surface area (Å²) in [4.78, 5) is 52.8. The van der Waals surface area contributed by atoms with Crippen molar-refractivity contribution in [3.63, 3.8) is 0 Å². The highest BCUT2D eigenvalue weighted by Gasteiger charge is 2.84. The molecule has 4 fully saturated rings. The summed E-state index contributed by atoms with van der Waals surface area (Å²) in [7, 11) is 0. The SMILES string of the molecule is C=C1C(=O)O[C@@H]2[C@@H]3[C@@]4(C=C[C@@]3(C)C3(C4)C(=O)O[C@@H]4[C@H]5C(C)=CC(=O)C5=C(C)C[C@H](O)[C@H]43)[C@@](C)(OC(C)=O)CC[C@@H]12. The second-order valence-corrected chi connectivity index (χ2v) is 13.7. The van der Waals surface area contributed by atoms with Crippen molar-refractivity contribution in [2.75, 3.05) is 0 Å². The van der Waals surface area contributed by atoms with E-state index in [9.17, 15) is 24.3 Å². The second kappa shape index (κ2) is 7.64. The first-order chi connectivity index (χ1) is 18.7. The molecular formula is C32H36O8. The van der Waals surface area contributed by atoms with Crippen molar-refractivity contribution in [2.45, 2.75) is 84.2 Å². The maximum atomic E-state index is 14.4. The first kappa shape index (κ1) is 25.9. The van der Waals surface area contributed by atoms with Crippen molar-refractivity contribution in [1.82, 2.24) is 0 Å². The number of allylic oxidation sites excluding steroid dienone is 2. The van der Waals surface area contributed by atoms with Crippen LogP contribution in [0.2, 0.25) is 0 Å². The van der Waals surface area contributed by atoms with Gasteiger partial charge in [-0.05, 0) is 52.5 Å². The topological polar surface area (TPSA) is 116 Å². The fourth-order valence-corrected chi connectivity index (χ4v) is 10.5. The highest BCUT2D eigenvalue weighted by atomic mass is 16.6. The molecule has 40 heavy (non-hydrogen) atoms. The molecule has 1 spiro atoms. The molecule has 2 aliphatic heterocycles. The minimum atomic E-state index is -1.18. The lowest BCUT2D eigenvalue weighted by Gasteiger charge is -2.47. The van der Waals surface area contributed by atoms with Gasteiger partial charge < -0.3 is 19.3 Å². The third-order valence-corrected chi connectivity index (χ3v) is 12.1. The molecule has 8 heteroatoms. The van der Waals surface area contributed by atoms with E-state index in [0.29, 0.717) is 24.0 Å². The van der Waals surface area contributed by atoms with Crippen LogP contribution in [0.3, 0.4) is 0 Å². The first-order valence-corrected chi connectivity index (χ1v) is 14.3. The van der Waals surface area contributed by atoms with Gasteiger partial charge in [0.2, 0.25) is 0 Å². The van der Waals surface area contributed by atoms with E-state index in [1.165, 1.54) is 6.92 Å². The molecule has 2 bridgehead atoms. The number of carbonyl (C=O) groups excluding carboxylic acids is 4. The standard InChI is InChI=1S/C32H36O8/c1-14-12-20(35)23-25(22-15(2)11-19(34)21(14)22)39-28(37)32(23)13-31-10-9-29(32,5)26(31)24-18(16(3)27(36)38-24)7-8-30(31,6)40-17(4)33/h9-11,18,20,22-26,35H,3,7-8,12-13H2,1-2,4-6H3/t18-,20-,22-,23+,24-,25+,26-,29+,30-,31-,32?/m0/s1. The maximum Gasteiger partial charge on any atom is 0.334 e. The zero-order chi connectivity index (χ0) is 28.7. The van der Waals surface area contributed by atoms with Gasteiger partial charge >= 0.3 is 17.9 Å². The van der Waals surface area contributed by atoms with Gasteiger partial charge in [0, 0.05) is 52.6 Å². The van der Waals surface area contributed by atoms with E-state index < -0.39 is 75.8 Å². The number of hydrogen-bond donors (Lipinski definition) is 1. The number of fused-ring (bicyclic) bond motifs is 6. The number of aliphatic hydroxyl groups is 1. The second-order valence-electron chi connectivity index (χ2n) is 13.7. The molecular weight excluding hydrogens is 512 g/mol. The molecule has 212 valence electrons. The Bertz CT molecular complexity index is 1420. The maximum absolute atomic E-state index is 14.4. The molecule has 2 saturated carbocycles. The molecule has 1 N–H and O–H groups in total. The van der Waals surface area contributed by atoms with E-state index in [4.69, 9.17) is 14.2 Å². The highest BCUT2D eigenvalue weighted by molar-refractivity contribution is 6.09. The van der Waals surface area contributed by atoms with Gasteiger partial charge in [0.1, 0.15) is 17.8 Å². The Balaban J connectivity index is 1.44. The van der Waals surface area contributed by atoms with E-state index in [1.807, 2.05) is 33.8 Å². The molecule has 1 unspecified atom stereocenters. The predicted octanol–water partition coefficient (Wildman–Crippen LogP) is 3.54. The lowest BCUT2D eigenvalue weighted by molar-refractivity contribution is -0.175. The number of ether oxygens (including phenoxy) is 3. The molecule has 0 radical (unpaired) electrons. The summed E-state index contributed by atoms with van der Waals surface area (Å²) >= 11 is 0. The van der Waals surface area contributed by atoms with Gasteiger partial charge in [-0.25, -0.2) is 4.79 Å². The van der Waals surface area contributed by atoms with Gasteiger partial charge in [-0.15, -0.1) is 0 Å². The summed E-state index contributed by atoms with van der Waals surface area (Å²) in [6.45, 7) is 13.1. The molecule has 0 aromatic heterocycles. The van der Waals surface area contributed by atoms with Crippen LogP contribution >= 0.6 is 0 Å². The fourth-order valence-electron chi connectivity index (χ4n) is 10.5. The lowest BCUT2D eigenvalue weighted by Crippen LogP contribution is -2.52. The third kappa shape index (κ3) is 2.67. The molecule has 8 nitrogen and oxygen atoms in total. The van der Waals surface area contributed by atoms with Crippen molar-refractivity contribution in [3.05, 3.63) is 47.1 Å². The minimum Gasteiger partial charge on any atom is -0.460 e. The lowest BCUT2D eigenvalue weighted by atomic mass is 9.54. The van der Waals surface area contributed by atoms with E-state index in [2.05, 4.69) is 12.7 Å². The molecule has 5 aliphatic carbocycles. The predicted molar refractivity (Wildman–Crippen MR) is 141 cm³/mol. The smallest absolute Gasteiger partial charge is 0.334 e. The Morgan fingerprint density at radius 3 is 2.55 bits per heavy atom. The van der Waals surface area contributed by atoms with Crippen LogP contribution in [-0.4, -0.2) is 52.7 Å². The van der Waals surface area contributed by atoms with Gasteiger partial charge in [0.25, 0.3) is 0 Å². The van der Waals surface area contributed by atoms with Gasteiger partial charge in [-0.2, -0.15) is 0 Å². The van der Waals surface area contributed by atoms with Gasteiger partial charge in [0.15, 0.2) is 5.78 Å². The number of esters is 3. The van der Waals surface area contributed by atoms with Gasteiger partial charge in [-0.3, -0.25) is 14.4 Å². The first-order valence-electron chi connectivity index (χ1n) is 14.3. The Morgan fingerprint density at radius 1 is 1.12 bits per heavy atom. The quantitative estimate of drug-likeness (QED) is 0.229. The van der Waals surface area contributed by atoms with Crippen LogP contribution < -0.4 is 0 Å². The zero-order valence-electron chi connectivity index (χ0n) is 23.6. The van der Waals surface area contributed by atoms with Crippen molar-refractivity contribution in [1.29, 1.82) is 0 Å². The summed E-state index contributed by atoms with van der Waals surface area (Å²) < 4.78 is 18.5. The van der Waals surface area contributed by atoms with Gasteiger partial charge in [-0.1, -0.05) is 36.8 Å². The number of hydrogen-bond acceptors (Lipinski definition) is 8. The summed E-state index contributed by atoms with van der Waals surface area (Å²) in [5.41, 5.74) is -1.23. The average Bonchev–Trinajstić information content (AvgIpc) is 3.53. The Labute approximate surface area is 233 Å². The van der Waals surface area contributed by atoms with E-state index in [-0.39, 0.29) is 24.5 Å². The fraction of sp³-hybridized carbons (Fsp3) is 0.625. The van der Waals surface area contributed by atoms with Crippen molar-refractivity contribution in [3.8, 4) is 0 Å². The number of carbonyl (C=O) groups is 4. The molecule has 7 aliphatic rings. The van der Waals surface area contributed by atoms with Crippen LogP contribution in [0.15, 0.2) is 47.1 Å². The van der Waals surface area contributed by atoms with Crippen LogP contribution in [-0.2, 0) is 33.4 Å². The number of ketones is 1. The van der Waals surface area contributed by atoms with E-state index in [1.54, 1.807) is 6.08 Å². The molecule has 0 aromatic rings. The largest absolute Gasteiger partial charge is 0.460 e. The van der Waals surface area contributed by atoms with Crippen molar-refractivity contribution >= 4 is 23.7 Å². The molecule has 2 saturated heterocycles. The third-order valence-electron chi connectivity index (χ3n) is 12.1. The zero-order valence-corrected chi connectivity index (χ0v) is 23.6. The summed E-state index contributed by atoms with van der Waals surface area (Å²) in [6.07, 6.45) is 5.09. The monoisotopic (exact) mass is 548 g/mol. The number of aliphatic hydroxyl groups excluding tert-OH is 1. The van der Waals surface area contributed by atoms with Gasteiger partial charge in [0.05, 0.1) is 11.5 Å². The Kier molecular flexibility index (Phi) is 4.95. The van der Waals surface area contributed by atoms with E-state index >= 15 is 0 Å².